The number of rotatable bonds is 7. The lowest BCUT2D eigenvalue weighted by Crippen LogP contribution is -2.49. The van der Waals surface area contributed by atoms with Gasteiger partial charge >= 0.3 is 0 Å². The predicted molar refractivity (Wildman–Crippen MR) is 122 cm³/mol. The van der Waals surface area contributed by atoms with Gasteiger partial charge < -0.3 is 4.74 Å². The molecule has 1 N–H and O–H groups in total. The van der Waals surface area contributed by atoms with Crippen LogP contribution in [0.1, 0.15) is 12.5 Å². The molecule has 0 radical (unpaired) electrons. The number of ether oxygens (including phenoxy) is 1. The van der Waals surface area contributed by atoms with Gasteiger partial charge in [-0.2, -0.15) is 0 Å². The first-order valence-corrected chi connectivity index (χ1v) is 12.9. The van der Waals surface area contributed by atoms with Crippen molar-refractivity contribution in [2.45, 2.75) is 23.1 Å². The highest BCUT2D eigenvalue weighted by Gasteiger charge is 2.37. The van der Waals surface area contributed by atoms with E-state index < -0.39 is 22.0 Å². The summed E-state index contributed by atoms with van der Waals surface area (Å²) in [4.78, 5) is 12.8. The molecule has 3 aromatic rings. The molecule has 31 heavy (non-hydrogen) atoms. The second-order valence-electron chi connectivity index (χ2n) is 6.64. The molecular formula is C20H20N4O4S3. The normalized spacial score (nSPS) is 15.8. The number of amides is 1. The van der Waals surface area contributed by atoms with Crippen LogP contribution in [0, 0.1) is 0 Å². The summed E-state index contributed by atoms with van der Waals surface area (Å²) >= 11 is 2.79. The molecule has 0 unspecified atom stereocenters. The molecule has 0 saturated carbocycles. The first-order chi connectivity index (χ1) is 15.0. The van der Waals surface area contributed by atoms with Crippen molar-refractivity contribution < 1.29 is 17.9 Å². The molecule has 2 aromatic carbocycles. The summed E-state index contributed by atoms with van der Waals surface area (Å²) in [6.07, 6.45) is -1.02. The highest BCUT2D eigenvalue weighted by atomic mass is 32.2. The number of fused-ring (bicyclic) bond motifs is 1. The minimum atomic E-state index is -3.75. The van der Waals surface area contributed by atoms with E-state index in [1.54, 1.807) is 48.5 Å². The number of benzene rings is 2. The number of aromatic nitrogens is 2. The molecule has 1 amide bonds. The first-order valence-electron chi connectivity index (χ1n) is 9.53. The quantitative estimate of drug-likeness (QED) is 0.412. The van der Waals surface area contributed by atoms with Crippen molar-refractivity contribution in [3.05, 3.63) is 60.2 Å². The van der Waals surface area contributed by atoms with E-state index in [0.717, 1.165) is 10.1 Å². The van der Waals surface area contributed by atoms with Crippen LogP contribution in [0.2, 0.25) is 0 Å². The summed E-state index contributed by atoms with van der Waals surface area (Å²) in [7, 11) is -3.75. The molecule has 0 aliphatic carbocycles. The number of nitrogens with one attached hydrogen (secondary N) is 1. The zero-order valence-electron chi connectivity index (χ0n) is 16.6. The van der Waals surface area contributed by atoms with Gasteiger partial charge in [-0.25, -0.2) is 8.42 Å². The van der Waals surface area contributed by atoms with Crippen LogP contribution in [-0.2, 0) is 20.6 Å². The number of carbonyl (C=O) groups excluding carboxylic acids is 1. The van der Waals surface area contributed by atoms with Crippen LogP contribution >= 0.6 is 23.1 Å². The average Bonchev–Trinajstić information content (AvgIpc) is 3.20. The van der Waals surface area contributed by atoms with Gasteiger partial charge in [0, 0.05) is 0 Å². The van der Waals surface area contributed by atoms with Crippen molar-refractivity contribution in [3.8, 4) is 5.75 Å². The SMILES string of the molecule is CCSc1nnc(NC(=O)[C@H]2CN(S(=O)(=O)Cc3ccccc3)c3ccccc3O2)s1. The van der Waals surface area contributed by atoms with Crippen LogP contribution in [-0.4, -0.2) is 42.9 Å². The molecule has 162 valence electrons. The molecule has 1 aromatic heterocycles. The van der Waals surface area contributed by atoms with Gasteiger partial charge in [0.05, 0.1) is 18.0 Å². The fourth-order valence-electron chi connectivity index (χ4n) is 3.09. The minimum Gasteiger partial charge on any atom is -0.476 e. The average molecular weight is 477 g/mol. The van der Waals surface area contributed by atoms with Crippen LogP contribution < -0.4 is 14.4 Å². The van der Waals surface area contributed by atoms with E-state index >= 15 is 0 Å². The fraction of sp³-hybridized carbons (Fsp3) is 0.250. The molecule has 1 atom stereocenters. The van der Waals surface area contributed by atoms with Gasteiger partial charge in [0.2, 0.25) is 15.2 Å². The van der Waals surface area contributed by atoms with Gasteiger partial charge in [0.1, 0.15) is 5.75 Å². The molecule has 8 nitrogen and oxygen atoms in total. The molecule has 1 aliphatic heterocycles. The van der Waals surface area contributed by atoms with Gasteiger partial charge in [-0.05, 0) is 23.4 Å². The van der Waals surface area contributed by atoms with Crippen molar-refractivity contribution in [2.24, 2.45) is 0 Å². The van der Waals surface area contributed by atoms with Gasteiger partial charge in [-0.1, -0.05) is 72.5 Å². The number of anilines is 2. The smallest absolute Gasteiger partial charge is 0.269 e. The third-order valence-corrected chi connectivity index (χ3v) is 8.03. The lowest BCUT2D eigenvalue weighted by molar-refractivity contribution is -0.122. The summed E-state index contributed by atoms with van der Waals surface area (Å²) in [5, 5.41) is 11.0. The maximum Gasteiger partial charge on any atom is 0.269 e. The molecule has 2 heterocycles. The first kappa shape index (κ1) is 21.6. The van der Waals surface area contributed by atoms with Gasteiger partial charge in [0.15, 0.2) is 10.4 Å². The van der Waals surface area contributed by atoms with E-state index in [0.29, 0.717) is 22.1 Å². The Balaban J connectivity index is 1.57. The monoisotopic (exact) mass is 476 g/mol. The third kappa shape index (κ3) is 5.00. The Labute approximate surface area is 188 Å². The minimum absolute atomic E-state index is 0.132. The largest absolute Gasteiger partial charge is 0.476 e. The van der Waals surface area contributed by atoms with Crippen molar-refractivity contribution in [3.63, 3.8) is 0 Å². The number of nitrogens with zero attached hydrogens (tertiary/aromatic N) is 3. The Hall–Kier alpha value is -2.63. The molecule has 0 spiro atoms. The molecule has 0 fully saturated rings. The van der Waals surface area contributed by atoms with Crippen LogP contribution in [0.3, 0.4) is 0 Å². The summed E-state index contributed by atoms with van der Waals surface area (Å²) in [5.74, 6) is 0.535. The standard InChI is InChI=1S/C20H20N4O4S3/c1-2-29-20-23-22-19(30-20)21-18(25)17-12-24(15-10-6-7-11-16(15)28-17)31(26,27)13-14-8-4-3-5-9-14/h3-11,17H,2,12-13H2,1H3,(H,21,22,25)/t17-/m1/s1. The summed E-state index contributed by atoms with van der Waals surface area (Å²) in [6, 6.07) is 15.7. The van der Waals surface area contributed by atoms with Crippen molar-refractivity contribution in [2.75, 3.05) is 21.9 Å². The maximum absolute atomic E-state index is 13.2. The lowest BCUT2D eigenvalue weighted by Gasteiger charge is -2.34. The predicted octanol–water partition coefficient (Wildman–Crippen LogP) is 3.39. The Morgan fingerprint density at radius 1 is 1.19 bits per heavy atom. The fourth-order valence-corrected chi connectivity index (χ4v) is 6.33. The molecule has 1 aliphatic rings. The molecule has 4 rings (SSSR count). The van der Waals surface area contributed by atoms with E-state index in [2.05, 4.69) is 15.5 Å². The number of thioether (sulfide) groups is 1. The van der Waals surface area contributed by atoms with Crippen molar-refractivity contribution in [1.82, 2.24) is 10.2 Å². The van der Waals surface area contributed by atoms with Gasteiger partial charge in [-0.3, -0.25) is 14.4 Å². The van der Waals surface area contributed by atoms with Crippen LogP contribution in [0.25, 0.3) is 0 Å². The summed E-state index contributed by atoms with van der Waals surface area (Å²) < 4.78 is 34.3. The number of sulfonamides is 1. The van der Waals surface area contributed by atoms with Gasteiger partial charge in [0.25, 0.3) is 5.91 Å². The van der Waals surface area contributed by atoms with Crippen LogP contribution in [0.5, 0.6) is 5.75 Å². The van der Waals surface area contributed by atoms with E-state index in [9.17, 15) is 13.2 Å². The van der Waals surface area contributed by atoms with E-state index in [1.807, 2.05) is 13.0 Å². The molecule has 11 heteroatoms. The van der Waals surface area contributed by atoms with Gasteiger partial charge in [-0.15, -0.1) is 10.2 Å². The van der Waals surface area contributed by atoms with E-state index in [1.165, 1.54) is 27.4 Å². The highest BCUT2D eigenvalue weighted by molar-refractivity contribution is 8.01. The van der Waals surface area contributed by atoms with Crippen molar-refractivity contribution >= 4 is 49.8 Å². The summed E-state index contributed by atoms with van der Waals surface area (Å²) in [5.41, 5.74) is 1.09. The second-order valence-corrected chi connectivity index (χ2v) is 11.0. The van der Waals surface area contributed by atoms with E-state index in [4.69, 9.17) is 4.74 Å². The molecule has 0 saturated heterocycles. The second kappa shape index (κ2) is 9.25. The Bertz CT molecular complexity index is 1170. The molecular weight excluding hydrogens is 456 g/mol. The maximum atomic E-state index is 13.2. The zero-order valence-corrected chi connectivity index (χ0v) is 19.0. The number of carbonyl (C=O) groups is 1. The van der Waals surface area contributed by atoms with E-state index in [-0.39, 0.29) is 12.3 Å². The lowest BCUT2D eigenvalue weighted by atomic mass is 10.2. The summed E-state index contributed by atoms with van der Waals surface area (Å²) in [6.45, 7) is 1.87. The Kier molecular flexibility index (Phi) is 6.44. The Morgan fingerprint density at radius 3 is 2.71 bits per heavy atom. The topological polar surface area (TPSA) is 101 Å². The zero-order chi connectivity index (χ0) is 21.8. The van der Waals surface area contributed by atoms with Crippen LogP contribution in [0.4, 0.5) is 10.8 Å². The number of hydrogen-bond donors (Lipinski definition) is 1. The molecule has 0 bridgehead atoms. The highest BCUT2D eigenvalue weighted by Crippen LogP contribution is 2.36. The van der Waals surface area contributed by atoms with Crippen molar-refractivity contribution in [1.29, 1.82) is 0 Å². The van der Waals surface area contributed by atoms with Crippen LogP contribution in [0.15, 0.2) is 58.9 Å². The Morgan fingerprint density at radius 2 is 1.94 bits per heavy atom. The third-order valence-electron chi connectivity index (χ3n) is 4.46. The number of hydrogen-bond acceptors (Lipinski definition) is 8. The number of para-hydroxylation sites is 2.